The molecule has 3 amide bonds. The van der Waals surface area contributed by atoms with E-state index in [9.17, 15) is 9.59 Å². The van der Waals surface area contributed by atoms with Crippen LogP contribution in [0.2, 0.25) is 10.0 Å². The molecule has 136 valence electrons. The van der Waals surface area contributed by atoms with Crippen molar-refractivity contribution in [2.24, 2.45) is 5.10 Å². The van der Waals surface area contributed by atoms with Crippen LogP contribution in [0, 0.1) is 11.5 Å². The van der Waals surface area contributed by atoms with E-state index >= 15 is 0 Å². The van der Waals surface area contributed by atoms with Crippen molar-refractivity contribution in [3.63, 3.8) is 0 Å². The fraction of sp³-hybridized carbons (Fsp3) is 0.250. The Morgan fingerprint density at radius 1 is 1.54 bits per heavy atom. The molecule has 0 aliphatic carbocycles. The number of nitriles is 1. The Kier molecular flexibility index (Phi) is 6.44. The van der Waals surface area contributed by atoms with Gasteiger partial charge in [0.15, 0.2) is 6.19 Å². The molecule has 1 aliphatic rings. The van der Waals surface area contributed by atoms with Crippen LogP contribution >= 0.6 is 23.2 Å². The first-order chi connectivity index (χ1) is 12.4. The summed E-state index contributed by atoms with van der Waals surface area (Å²) in [6, 6.07) is 3.54. The van der Waals surface area contributed by atoms with Gasteiger partial charge in [-0.25, -0.2) is 19.9 Å². The van der Waals surface area contributed by atoms with E-state index in [1.54, 1.807) is 24.4 Å². The fourth-order valence-electron chi connectivity index (χ4n) is 2.30. The van der Waals surface area contributed by atoms with Crippen molar-refractivity contribution in [2.75, 3.05) is 20.2 Å². The van der Waals surface area contributed by atoms with Gasteiger partial charge in [0, 0.05) is 12.6 Å². The van der Waals surface area contributed by atoms with Crippen molar-refractivity contribution in [3.8, 4) is 6.19 Å². The Morgan fingerprint density at radius 3 is 2.88 bits per heavy atom. The summed E-state index contributed by atoms with van der Waals surface area (Å²) in [5.74, 6) is 0. The third kappa shape index (κ3) is 4.25. The van der Waals surface area contributed by atoms with Gasteiger partial charge in [-0.3, -0.25) is 0 Å². The van der Waals surface area contributed by atoms with Crippen LogP contribution in [0.25, 0.3) is 0 Å². The molecule has 1 aromatic carbocycles. The van der Waals surface area contributed by atoms with Gasteiger partial charge in [-0.1, -0.05) is 41.9 Å². The predicted molar refractivity (Wildman–Crippen MR) is 96.9 cm³/mol. The number of amides is 3. The zero-order valence-corrected chi connectivity index (χ0v) is 15.3. The number of halogens is 2. The molecule has 2 rings (SSSR count). The number of hydrazone groups is 1. The highest BCUT2D eigenvalue weighted by molar-refractivity contribution is 6.42. The van der Waals surface area contributed by atoms with E-state index in [1.807, 2.05) is 5.32 Å². The second-order valence-corrected chi connectivity index (χ2v) is 6.04. The van der Waals surface area contributed by atoms with Crippen LogP contribution in [0.4, 0.5) is 9.59 Å². The number of nitrogens with zero attached hydrogens (tertiary/aromatic N) is 4. The molecule has 1 N–H and O–H groups in total. The lowest BCUT2D eigenvalue weighted by molar-refractivity contribution is 0.113. The highest BCUT2D eigenvalue weighted by Gasteiger charge is 2.36. The zero-order chi connectivity index (χ0) is 19.3. The number of urea groups is 1. The second-order valence-electron chi connectivity index (χ2n) is 5.23. The SMILES string of the molecule is C=CCOC(=O)N(C)C1CN(C(=O)NC#N)N=C1c1ccc(Cl)c(Cl)c1. The van der Waals surface area contributed by atoms with Crippen LogP contribution < -0.4 is 5.32 Å². The van der Waals surface area contributed by atoms with Crippen LogP contribution in [0.1, 0.15) is 5.56 Å². The van der Waals surface area contributed by atoms with E-state index < -0.39 is 18.2 Å². The average molecular weight is 396 g/mol. The van der Waals surface area contributed by atoms with E-state index in [0.29, 0.717) is 21.3 Å². The third-order valence-corrected chi connectivity index (χ3v) is 4.32. The molecule has 0 bridgehead atoms. The lowest BCUT2D eigenvalue weighted by Crippen LogP contribution is -2.46. The molecule has 0 saturated heterocycles. The topological polar surface area (TPSA) is 98.0 Å². The molecule has 0 fully saturated rings. The van der Waals surface area contributed by atoms with Crippen molar-refractivity contribution < 1.29 is 14.3 Å². The number of hydrogen-bond acceptors (Lipinski definition) is 5. The highest BCUT2D eigenvalue weighted by atomic mass is 35.5. The van der Waals surface area contributed by atoms with Crippen molar-refractivity contribution in [1.29, 1.82) is 5.26 Å². The molecule has 1 aromatic rings. The maximum Gasteiger partial charge on any atom is 0.410 e. The minimum absolute atomic E-state index is 0.0444. The Labute approximate surface area is 160 Å². The number of likely N-dealkylation sites (N-methyl/N-ethyl adjacent to an activating group) is 1. The van der Waals surface area contributed by atoms with E-state index in [1.165, 1.54) is 18.0 Å². The number of ether oxygens (including phenoxy) is 1. The first-order valence-electron chi connectivity index (χ1n) is 7.40. The van der Waals surface area contributed by atoms with Crippen LogP contribution in [0.5, 0.6) is 0 Å². The quantitative estimate of drug-likeness (QED) is 0.481. The number of rotatable bonds is 4. The van der Waals surface area contributed by atoms with E-state index in [4.69, 9.17) is 33.2 Å². The van der Waals surface area contributed by atoms with Gasteiger partial charge >= 0.3 is 12.1 Å². The summed E-state index contributed by atoms with van der Waals surface area (Å²) in [7, 11) is 1.52. The summed E-state index contributed by atoms with van der Waals surface area (Å²) in [4.78, 5) is 25.4. The number of nitrogens with one attached hydrogen (secondary N) is 1. The maximum atomic E-state index is 12.2. The first-order valence-corrected chi connectivity index (χ1v) is 8.15. The Morgan fingerprint density at radius 2 is 2.27 bits per heavy atom. The molecule has 0 spiro atoms. The predicted octanol–water partition coefficient (Wildman–Crippen LogP) is 2.83. The highest BCUT2D eigenvalue weighted by Crippen LogP contribution is 2.26. The largest absolute Gasteiger partial charge is 0.445 e. The molecule has 10 heteroatoms. The minimum atomic E-state index is -0.708. The monoisotopic (exact) mass is 395 g/mol. The zero-order valence-electron chi connectivity index (χ0n) is 13.8. The number of carbonyl (C=O) groups excluding carboxylic acids is 2. The van der Waals surface area contributed by atoms with Gasteiger partial charge in [0.2, 0.25) is 0 Å². The number of hydrogen-bond donors (Lipinski definition) is 1. The Bertz CT molecular complexity index is 806. The lowest BCUT2D eigenvalue weighted by Gasteiger charge is -2.25. The van der Waals surface area contributed by atoms with Crippen molar-refractivity contribution in [1.82, 2.24) is 15.2 Å². The first kappa shape index (κ1) is 19.6. The second kappa shape index (κ2) is 8.56. The van der Waals surface area contributed by atoms with Crippen LogP contribution in [0.15, 0.2) is 36.0 Å². The van der Waals surface area contributed by atoms with Crippen LogP contribution in [-0.4, -0.2) is 54.0 Å². The van der Waals surface area contributed by atoms with Gasteiger partial charge in [0.1, 0.15) is 6.61 Å². The van der Waals surface area contributed by atoms with Crippen LogP contribution in [0.3, 0.4) is 0 Å². The van der Waals surface area contributed by atoms with Gasteiger partial charge in [0.05, 0.1) is 28.3 Å². The lowest BCUT2D eigenvalue weighted by atomic mass is 10.0. The van der Waals surface area contributed by atoms with E-state index in [-0.39, 0.29) is 13.2 Å². The number of benzene rings is 1. The summed E-state index contributed by atoms with van der Waals surface area (Å²) in [5, 5.41) is 16.6. The summed E-state index contributed by atoms with van der Waals surface area (Å²) in [6.45, 7) is 3.58. The summed E-state index contributed by atoms with van der Waals surface area (Å²) in [6.07, 6.45) is 2.38. The Hall–Kier alpha value is -2.76. The average Bonchev–Trinajstić information content (AvgIpc) is 3.07. The van der Waals surface area contributed by atoms with Gasteiger partial charge in [0.25, 0.3) is 0 Å². The molecule has 1 aliphatic heterocycles. The molecule has 1 atom stereocenters. The molecule has 0 radical (unpaired) electrons. The summed E-state index contributed by atoms with van der Waals surface area (Å²) < 4.78 is 5.03. The van der Waals surface area contributed by atoms with E-state index in [2.05, 4.69) is 11.7 Å². The van der Waals surface area contributed by atoms with Crippen molar-refractivity contribution >= 4 is 41.0 Å². The standard InChI is InChI=1S/C16H15Cl2N5O3/c1-3-6-26-16(25)22(2)13-8-23(15(24)20-9-19)21-14(13)10-4-5-11(17)12(18)7-10/h3-5,7,13H,1,6,8H2,2H3,(H,20,24). The molecule has 1 unspecified atom stereocenters. The number of carbonyl (C=O) groups is 2. The van der Waals surface area contributed by atoms with Gasteiger partial charge in [-0.2, -0.15) is 10.4 Å². The molecule has 0 aromatic heterocycles. The summed E-state index contributed by atoms with van der Waals surface area (Å²) >= 11 is 12.0. The minimum Gasteiger partial charge on any atom is -0.445 e. The van der Waals surface area contributed by atoms with Crippen LogP contribution in [-0.2, 0) is 4.74 Å². The van der Waals surface area contributed by atoms with Gasteiger partial charge < -0.3 is 9.64 Å². The fourth-order valence-corrected chi connectivity index (χ4v) is 2.60. The normalized spacial score (nSPS) is 15.7. The van der Waals surface area contributed by atoms with Gasteiger partial charge in [-0.15, -0.1) is 0 Å². The van der Waals surface area contributed by atoms with Crippen molar-refractivity contribution in [2.45, 2.75) is 6.04 Å². The third-order valence-electron chi connectivity index (χ3n) is 3.58. The Balaban J connectivity index is 2.35. The maximum absolute atomic E-state index is 12.2. The molecule has 26 heavy (non-hydrogen) atoms. The smallest absolute Gasteiger partial charge is 0.410 e. The molecule has 0 saturated carbocycles. The molecule has 8 nitrogen and oxygen atoms in total. The molecular weight excluding hydrogens is 381 g/mol. The van der Waals surface area contributed by atoms with Gasteiger partial charge in [-0.05, 0) is 12.1 Å². The molecular formula is C16H15Cl2N5O3. The summed E-state index contributed by atoms with van der Waals surface area (Å²) in [5.41, 5.74) is 0.995. The molecule has 1 heterocycles. The van der Waals surface area contributed by atoms with E-state index in [0.717, 1.165) is 5.01 Å². The van der Waals surface area contributed by atoms with Crippen molar-refractivity contribution in [3.05, 3.63) is 46.5 Å².